The summed E-state index contributed by atoms with van der Waals surface area (Å²) in [5.74, 6) is -0.452. The van der Waals surface area contributed by atoms with Crippen molar-refractivity contribution in [3.63, 3.8) is 0 Å². The van der Waals surface area contributed by atoms with Crippen LogP contribution in [0.5, 0.6) is 0 Å². The van der Waals surface area contributed by atoms with Crippen LogP contribution in [0.25, 0.3) is 10.9 Å². The number of carbonyl (C=O) groups is 1. The zero-order chi connectivity index (χ0) is 14.8. The Morgan fingerprint density at radius 2 is 2.05 bits per heavy atom. The number of benzene rings is 2. The summed E-state index contributed by atoms with van der Waals surface area (Å²) in [6, 6.07) is 13.3. The number of aromatic nitrogens is 1. The van der Waals surface area contributed by atoms with Gasteiger partial charge in [-0.25, -0.2) is 4.39 Å². The molecule has 3 aromatic rings. The summed E-state index contributed by atoms with van der Waals surface area (Å²) in [6.45, 7) is 0.157. The van der Waals surface area contributed by atoms with Crippen molar-refractivity contribution in [2.75, 3.05) is 11.1 Å². The fourth-order valence-electron chi connectivity index (χ4n) is 2.28. The molecule has 5 heteroatoms. The summed E-state index contributed by atoms with van der Waals surface area (Å²) in [6.07, 6.45) is 1.77. The van der Waals surface area contributed by atoms with Crippen molar-refractivity contribution in [3.05, 3.63) is 60.5 Å². The van der Waals surface area contributed by atoms with Gasteiger partial charge >= 0.3 is 0 Å². The minimum absolute atomic E-state index is 0.157. The molecule has 2 aromatic carbocycles. The third-order valence-corrected chi connectivity index (χ3v) is 3.22. The Kier molecular flexibility index (Phi) is 3.31. The van der Waals surface area contributed by atoms with Crippen LogP contribution in [0.3, 0.4) is 0 Å². The van der Waals surface area contributed by atoms with Crippen molar-refractivity contribution >= 4 is 28.2 Å². The molecule has 0 unspecified atom stereocenters. The lowest BCUT2D eigenvalue weighted by Crippen LogP contribution is -2.18. The first kappa shape index (κ1) is 13.2. The number of fused-ring (bicyclic) bond motifs is 1. The van der Waals surface area contributed by atoms with Crippen molar-refractivity contribution < 1.29 is 9.18 Å². The predicted octanol–water partition coefficient (Wildman–Crippen LogP) is 3.00. The smallest absolute Gasteiger partial charge is 0.244 e. The SMILES string of the molecule is Nc1cccc(NC(=O)Cn2ccc3cc(F)ccc32)c1. The minimum Gasteiger partial charge on any atom is -0.399 e. The van der Waals surface area contributed by atoms with Gasteiger partial charge in [0.2, 0.25) is 5.91 Å². The van der Waals surface area contributed by atoms with Crippen LogP contribution in [0.2, 0.25) is 0 Å². The molecule has 0 spiro atoms. The van der Waals surface area contributed by atoms with E-state index in [2.05, 4.69) is 5.32 Å². The van der Waals surface area contributed by atoms with E-state index in [4.69, 9.17) is 5.73 Å². The summed E-state index contributed by atoms with van der Waals surface area (Å²) in [4.78, 5) is 12.1. The summed E-state index contributed by atoms with van der Waals surface area (Å²) in [5, 5.41) is 3.55. The first-order valence-electron chi connectivity index (χ1n) is 6.51. The van der Waals surface area contributed by atoms with E-state index in [1.165, 1.54) is 12.1 Å². The molecule has 0 aliphatic carbocycles. The number of hydrogen-bond donors (Lipinski definition) is 2. The van der Waals surface area contributed by atoms with Gasteiger partial charge < -0.3 is 15.6 Å². The molecule has 0 aliphatic heterocycles. The average Bonchev–Trinajstić information content (AvgIpc) is 2.81. The predicted molar refractivity (Wildman–Crippen MR) is 81.4 cm³/mol. The lowest BCUT2D eigenvalue weighted by Gasteiger charge is -2.08. The van der Waals surface area contributed by atoms with E-state index < -0.39 is 0 Å². The van der Waals surface area contributed by atoms with E-state index >= 15 is 0 Å². The number of rotatable bonds is 3. The molecule has 0 saturated heterocycles. The lowest BCUT2D eigenvalue weighted by molar-refractivity contribution is -0.116. The Labute approximate surface area is 121 Å². The molecule has 1 aromatic heterocycles. The largest absolute Gasteiger partial charge is 0.399 e. The molecule has 0 saturated carbocycles. The Morgan fingerprint density at radius 3 is 2.86 bits per heavy atom. The van der Waals surface area contributed by atoms with Gasteiger partial charge in [-0.3, -0.25) is 4.79 Å². The summed E-state index contributed by atoms with van der Waals surface area (Å²) >= 11 is 0. The average molecular weight is 283 g/mol. The van der Waals surface area contributed by atoms with Gasteiger partial charge in [0.05, 0.1) is 0 Å². The number of nitrogens with zero attached hydrogens (tertiary/aromatic N) is 1. The minimum atomic E-state index is -0.288. The molecule has 106 valence electrons. The van der Waals surface area contributed by atoms with Gasteiger partial charge in [-0.2, -0.15) is 0 Å². The highest BCUT2D eigenvalue weighted by atomic mass is 19.1. The van der Waals surface area contributed by atoms with Gasteiger partial charge in [0.25, 0.3) is 0 Å². The van der Waals surface area contributed by atoms with Crippen LogP contribution >= 0.6 is 0 Å². The van der Waals surface area contributed by atoms with E-state index in [1.54, 1.807) is 47.2 Å². The molecular weight excluding hydrogens is 269 g/mol. The highest BCUT2D eigenvalue weighted by Crippen LogP contribution is 2.17. The second-order valence-electron chi connectivity index (χ2n) is 4.82. The van der Waals surface area contributed by atoms with Crippen LogP contribution < -0.4 is 11.1 Å². The lowest BCUT2D eigenvalue weighted by atomic mass is 10.2. The molecule has 1 heterocycles. The number of nitrogens with two attached hydrogens (primary N) is 1. The summed E-state index contributed by atoms with van der Waals surface area (Å²) < 4.78 is 14.9. The normalized spacial score (nSPS) is 10.7. The number of nitrogens with one attached hydrogen (secondary N) is 1. The van der Waals surface area contributed by atoms with Gasteiger partial charge in [-0.05, 0) is 42.5 Å². The molecule has 0 aliphatic rings. The second kappa shape index (κ2) is 5.28. The Morgan fingerprint density at radius 1 is 1.19 bits per heavy atom. The van der Waals surface area contributed by atoms with Crippen LogP contribution in [0.15, 0.2) is 54.7 Å². The number of anilines is 2. The van der Waals surface area contributed by atoms with Crippen LogP contribution in [0.4, 0.5) is 15.8 Å². The number of hydrogen-bond acceptors (Lipinski definition) is 2. The fraction of sp³-hybridized carbons (Fsp3) is 0.0625. The molecule has 0 fully saturated rings. The maximum atomic E-state index is 13.1. The van der Waals surface area contributed by atoms with E-state index in [1.807, 2.05) is 0 Å². The zero-order valence-corrected chi connectivity index (χ0v) is 11.2. The van der Waals surface area contributed by atoms with Crippen LogP contribution in [-0.4, -0.2) is 10.5 Å². The van der Waals surface area contributed by atoms with E-state index in [0.717, 1.165) is 10.9 Å². The van der Waals surface area contributed by atoms with Crippen molar-refractivity contribution in [2.24, 2.45) is 0 Å². The Hall–Kier alpha value is -2.82. The standard InChI is InChI=1S/C16H14FN3O/c17-12-4-5-15-11(8-12)6-7-20(15)10-16(21)19-14-3-1-2-13(18)9-14/h1-9H,10,18H2,(H,19,21). The van der Waals surface area contributed by atoms with Gasteiger partial charge in [-0.1, -0.05) is 6.07 Å². The maximum absolute atomic E-state index is 13.1. The molecule has 3 rings (SSSR count). The van der Waals surface area contributed by atoms with Gasteiger partial charge in [-0.15, -0.1) is 0 Å². The first-order valence-corrected chi connectivity index (χ1v) is 6.51. The number of carbonyl (C=O) groups excluding carboxylic acids is 1. The molecule has 0 bridgehead atoms. The molecule has 4 nitrogen and oxygen atoms in total. The maximum Gasteiger partial charge on any atom is 0.244 e. The highest BCUT2D eigenvalue weighted by molar-refractivity contribution is 5.92. The molecular formula is C16H14FN3O. The number of nitrogen functional groups attached to an aromatic ring is 1. The van der Waals surface area contributed by atoms with Crippen LogP contribution in [-0.2, 0) is 11.3 Å². The van der Waals surface area contributed by atoms with E-state index in [-0.39, 0.29) is 18.3 Å². The van der Waals surface area contributed by atoms with Gasteiger partial charge in [0, 0.05) is 28.5 Å². The molecule has 21 heavy (non-hydrogen) atoms. The molecule has 0 atom stereocenters. The summed E-state index contributed by atoms with van der Waals surface area (Å²) in [5.41, 5.74) is 7.73. The van der Waals surface area contributed by atoms with Crippen LogP contribution in [0, 0.1) is 5.82 Å². The topological polar surface area (TPSA) is 60.0 Å². The zero-order valence-electron chi connectivity index (χ0n) is 11.2. The fourth-order valence-corrected chi connectivity index (χ4v) is 2.28. The monoisotopic (exact) mass is 283 g/mol. The summed E-state index contributed by atoms with van der Waals surface area (Å²) in [7, 11) is 0. The van der Waals surface area contributed by atoms with E-state index in [0.29, 0.717) is 11.4 Å². The first-order chi connectivity index (χ1) is 10.1. The van der Waals surface area contributed by atoms with Gasteiger partial charge in [0.1, 0.15) is 12.4 Å². The second-order valence-corrected chi connectivity index (χ2v) is 4.82. The van der Waals surface area contributed by atoms with Crippen LogP contribution in [0.1, 0.15) is 0 Å². The number of amides is 1. The van der Waals surface area contributed by atoms with Crippen molar-refractivity contribution in [1.29, 1.82) is 0 Å². The van der Waals surface area contributed by atoms with Crippen molar-refractivity contribution in [1.82, 2.24) is 4.57 Å². The highest BCUT2D eigenvalue weighted by Gasteiger charge is 2.07. The third kappa shape index (κ3) is 2.86. The Bertz CT molecular complexity index is 810. The molecule has 3 N–H and O–H groups in total. The molecule has 0 radical (unpaired) electrons. The third-order valence-electron chi connectivity index (χ3n) is 3.22. The Balaban J connectivity index is 1.77. The van der Waals surface area contributed by atoms with Crippen molar-refractivity contribution in [3.8, 4) is 0 Å². The van der Waals surface area contributed by atoms with E-state index in [9.17, 15) is 9.18 Å². The van der Waals surface area contributed by atoms with Crippen molar-refractivity contribution in [2.45, 2.75) is 6.54 Å². The van der Waals surface area contributed by atoms with Gasteiger partial charge in [0.15, 0.2) is 0 Å². The molecule has 1 amide bonds. The quantitative estimate of drug-likeness (QED) is 0.726. The number of halogens is 1.